The predicted octanol–water partition coefficient (Wildman–Crippen LogP) is 3.40. The van der Waals surface area contributed by atoms with Gasteiger partial charge in [0.05, 0.1) is 17.5 Å². The van der Waals surface area contributed by atoms with Gasteiger partial charge in [-0.1, -0.05) is 17.2 Å². The number of nitrogens with two attached hydrogens (primary N) is 1. The lowest BCUT2D eigenvalue weighted by Gasteiger charge is -2.01. The fourth-order valence-electron chi connectivity index (χ4n) is 2.12. The van der Waals surface area contributed by atoms with E-state index in [2.05, 4.69) is 52.6 Å². The number of aromatic nitrogens is 3. The maximum atomic E-state index is 5.82. The number of rotatable bonds is 2. The molecule has 0 aliphatic carbocycles. The van der Waals surface area contributed by atoms with Crippen molar-refractivity contribution in [2.75, 3.05) is 5.73 Å². The molecule has 96 valence electrons. The standard InChI is InChI=1S/C14H14N4S/c1-8-3-9(2)5-10(4-8)12-7-19-14(17-12)11-6-16-18-13(11)15/h3-7H,1-2H3,(H3,15,16,18). The SMILES string of the molecule is Cc1cc(C)cc(-c2csc(-c3cn[nH]c3N)n2)c1. The van der Waals surface area contributed by atoms with Crippen LogP contribution >= 0.6 is 11.3 Å². The molecule has 0 saturated heterocycles. The minimum atomic E-state index is 0.557. The van der Waals surface area contributed by atoms with Crippen molar-refractivity contribution in [1.82, 2.24) is 15.2 Å². The van der Waals surface area contributed by atoms with E-state index >= 15 is 0 Å². The van der Waals surface area contributed by atoms with Gasteiger partial charge in [-0.3, -0.25) is 5.10 Å². The second kappa shape index (κ2) is 4.51. The molecule has 2 aromatic heterocycles. The molecule has 3 rings (SSSR count). The molecule has 5 heteroatoms. The van der Waals surface area contributed by atoms with E-state index < -0.39 is 0 Å². The lowest BCUT2D eigenvalue weighted by molar-refractivity contribution is 1.10. The van der Waals surface area contributed by atoms with Crippen molar-refractivity contribution in [3.63, 3.8) is 0 Å². The van der Waals surface area contributed by atoms with E-state index in [0.29, 0.717) is 5.82 Å². The quantitative estimate of drug-likeness (QED) is 0.750. The Bertz CT molecular complexity index is 706. The largest absolute Gasteiger partial charge is 0.383 e. The van der Waals surface area contributed by atoms with E-state index in [4.69, 9.17) is 5.73 Å². The van der Waals surface area contributed by atoms with E-state index in [9.17, 15) is 0 Å². The topological polar surface area (TPSA) is 67.6 Å². The number of benzene rings is 1. The number of anilines is 1. The fourth-order valence-corrected chi connectivity index (χ4v) is 2.97. The van der Waals surface area contributed by atoms with Crippen LogP contribution < -0.4 is 5.73 Å². The highest BCUT2D eigenvalue weighted by Gasteiger charge is 2.11. The molecular weight excluding hydrogens is 256 g/mol. The van der Waals surface area contributed by atoms with E-state index in [1.54, 1.807) is 17.5 Å². The summed E-state index contributed by atoms with van der Waals surface area (Å²) in [6.07, 6.45) is 1.71. The Morgan fingerprint density at radius 2 is 1.89 bits per heavy atom. The molecule has 0 unspecified atom stereocenters. The average Bonchev–Trinajstić information content (AvgIpc) is 2.95. The molecule has 3 aromatic rings. The van der Waals surface area contributed by atoms with Gasteiger partial charge in [0.15, 0.2) is 0 Å². The molecule has 19 heavy (non-hydrogen) atoms. The van der Waals surface area contributed by atoms with Crippen molar-refractivity contribution >= 4 is 17.2 Å². The zero-order valence-corrected chi connectivity index (χ0v) is 11.6. The highest BCUT2D eigenvalue weighted by atomic mass is 32.1. The summed E-state index contributed by atoms with van der Waals surface area (Å²) in [6.45, 7) is 4.19. The van der Waals surface area contributed by atoms with Crippen molar-refractivity contribution in [1.29, 1.82) is 0 Å². The van der Waals surface area contributed by atoms with E-state index in [0.717, 1.165) is 21.8 Å². The van der Waals surface area contributed by atoms with Crippen molar-refractivity contribution in [3.05, 3.63) is 40.9 Å². The van der Waals surface area contributed by atoms with Crippen LogP contribution in [0.3, 0.4) is 0 Å². The number of nitrogens with one attached hydrogen (secondary N) is 1. The third-order valence-corrected chi connectivity index (χ3v) is 3.80. The Kier molecular flexibility index (Phi) is 2.83. The number of nitrogen functional groups attached to an aromatic ring is 1. The maximum Gasteiger partial charge on any atom is 0.129 e. The average molecular weight is 270 g/mol. The monoisotopic (exact) mass is 270 g/mol. The molecule has 0 aliphatic rings. The summed E-state index contributed by atoms with van der Waals surface area (Å²) < 4.78 is 0. The van der Waals surface area contributed by atoms with Crippen molar-refractivity contribution < 1.29 is 0 Å². The van der Waals surface area contributed by atoms with Gasteiger partial charge in [0.25, 0.3) is 0 Å². The Balaban J connectivity index is 2.04. The highest BCUT2D eigenvalue weighted by molar-refractivity contribution is 7.13. The van der Waals surface area contributed by atoms with Crippen molar-refractivity contribution in [3.8, 4) is 21.8 Å². The van der Waals surface area contributed by atoms with Crippen molar-refractivity contribution in [2.45, 2.75) is 13.8 Å². The zero-order valence-electron chi connectivity index (χ0n) is 10.8. The number of aromatic amines is 1. The second-order valence-electron chi connectivity index (χ2n) is 4.61. The lowest BCUT2D eigenvalue weighted by atomic mass is 10.1. The first-order chi connectivity index (χ1) is 9.13. The van der Waals surface area contributed by atoms with Crippen LogP contribution in [0, 0.1) is 13.8 Å². The van der Waals surface area contributed by atoms with E-state index in [1.165, 1.54) is 11.1 Å². The Hall–Kier alpha value is -2.14. The lowest BCUT2D eigenvalue weighted by Crippen LogP contribution is -1.87. The van der Waals surface area contributed by atoms with Crippen LogP contribution in [0.5, 0.6) is 0 Å². The highest BCUT2D eigenvalue weighted by Crippen LogP contribution is 2.31. The number of hydrogen-bond acceptors (Lipinski definition) is 4. The van der Waals surface area contributed by atoms with Crippen LogP contribution in [0.15, 0.2) is 29.8 Å². The predicted molar refractivity (Wildman–Crippen MR) is 79.0 cm³/mol. The molecule has 4 nitrogen and oxygen atoms in total. The van der Waals surface area contributed by atoms with Crippen LogP contribution in [0.1, 0.15) is 11.1 Å². The maximum absolute atomic E-state index is 5.82. The number of H-pyrrole nitrogens is 1. The summed E-state index contributed by atoms with van der Waals surface area (Å²) in [5, 5.41) is 9.59. The Morgan fingerprint density at radius 1 is 1.16 bits per heavy atom. The minimum Gasteiger partial charge on any atom is -0.383 e. The van der Waals surface area contributed by atoms with E-state index in [1.807, 2.05) is 0 Å². The van der Waals surface area contributed by atoms with Crippen LogP contribution in [0.25, 0.3) is 21.8 Å². The van der Waals surface area contributed by atoms with Crippen molar-refractivity contribution in [2.24, 2.45) is 0 Å². The molecular formula is C14H14N4S. The van der Waals surface area contributed by atoms with Gasteiger partial charge in [-0.25, -0.2) is 4.98 Å². The molecule has 0 saturated carbocycles. The first-order valence-electron chi connectivity index (χ1n) is 5.97. The van der Waals surface area contributed by atoms with E-state index in [-0.39, 0.29) is 0 Å². The molecule has 0 bridgehead atoms. The second-order valence-corrected chi connectivity index (χ2v) is 5.47. The number of thiazole rings is 1. The summed E-state index contributed by atoms with van der Waals surface area (Å²) in [6, 6.07) is 6.44. The Labute approximate surface area is 115 Å². The van der Waals surface area contributed by atoms with Crippen LogP contribution in [-0.4, -0.2) is 15.2 Å². The van der Waals surface area contributed by atoms with Crippen LogP contribution in [0.2, 0.25) is 0 Å². The van der Waals surface area contributed by atoms with Gasteiger partial charge in [-0.15, -0.1) is 11.3 Å². The minimum absolute atomic E-state index is 0.557. The summed E-state index contributed by atoms with van der Waals surface area (Å²) in [5.41, 5.74) is 11.3. The smallest absolute Gasteiger partial charge is 0.129 e. The van der Waals surface area contributed by atoms with Gasteiger partial charge in [0.1, 0.15) is 10.8 Å². The summed E-state index contributed by atoms with van der Waals surface area (Å²) in [4.78, 5) is 4.64. The zero-order chi connectivity index (χ0) is 13.4. The van der Waals surface area contributed by atoms with Gasteiger partial charge in [0, 0.05) is 10.9 Å². The molecule has 0 amide bonds. The van der Waals surface area contributed by atoms with Gasteiger partial charge >= 0.3 is 0 Å². The summed E-state index contributed by atoms with van der Waals surface area (Å²) >= 11 is 1.58. The number of aryl methyl sites for hydroxylation is 2. The molecule has 0 aliphatic heterocycles. The molecule has 1 aromatic carbocycles. The Morgan fingerprint density at radius 3 is 2.53 bits per heavy atom. The van der Waals surface area contributed by atoms with Gasteiger partial charge < -0.3 is 5.73 Å². The third-order valence-electron chi connectivity index (χ3n) is 2.92. The van der Waals surface area contributed by atoms with Gasteiger partial charge in [0.2, 0.25) is 0 Å². The van der Waals surface area contributed by atoms with Gasteiger partial charge in [-0.05, 0) is 26.0 Å². The summed E-state index contributed by atoms with van der Waals surface area (Å²) in [7, 11) is 0. The first-order valence-corrected chi connectivity index (χ1v) is 6.85. The number of nitrogens with zero attached hydrogens (tertiary/aromatic N) is 2. The number of hydrogen-bond donors (Lipinski definition) is 2. The van der Waals surface area contributed by atoms with Crippen LogP contribution in [0.4, 0.5) is 5.82 Å². The molecule has 3 N–H and O–H groups in total. The summed E-state index contributed by atoms with van der Waals surface area (Å²) in [5.74, 6) is 0.557. The first kappa shape index (κ1) is 11.9. The van der Waals surface area contributed by atoms with Gasteiger partial charge in [-0.2, -0.15) is 5.10 Å². The molecule has 0 radical (unpaired) electrons. The molecule has 0 atom stereocenters. The molecule has 0 fully saturated rings. The molecule has 2 heterocycles. The molecule has 0 spiro atoms. The normalized spacial score (nSPS) is 10.8. The fraction of sp³-hybridized carbons (Fsp3) is 0.143. The third kappa shape index (κ3) is 2.24. The van der Waals surface area contributed by atoms with Crippen LogP contribution in [-0.2, 0) is 0 Å².